The van der Waals surface area contributed by atoms with Gasteiger partial charge in [0, 0.05) is 30.7 Å². The molecule has 2 saturated heterocycles. The van der Waals surface area contributed by atoms with E-state index in [1.807, 2.05) is 0 Å². The third-order valence-corrected chi connectivity index (χ3v) is 5.17. The highest BCUT2D eigenvalue weighted by atomic mass is 16.3. The molecule has 3 aromatic heterocycles. The zero-order valence-corrected chi connectivity index (χ0v) is 13.4. The Balaban J connectivity index is 1.53. The first-order valence-corrected chi connectivity index (χ1v) is 8.30. The molecule has 0 aromatic carbocycles. The molecule has 2 N–H and O–H groups in total. The number of nitrogens with zero attached hydrogens (tertiary/aromatic N) is 6. The summed E-state index contributed by atoms with van der Waals surface area (Å²) >= 11 is 0. The van der Waals surface area contributed by atoms with Crippen LogP contribution in [0.1, 0.15) is 19.3 Å². The predicted molar refractivity (Wildman–Crippen MR) is 89.0 cm³/mol. The quantitative estimate of drug-likeness (QED) is 0.708. The number of aromatic nitrogens is 6. The Morgan fingerprint density at radius 2 is 2.12 bits per heavy atom. The molecule has 9 heteroatoms. The number of H-pyrrole nitrogens is 1. The summed E-state index contributed by atoms with van der Waals surface area (Å²) in [6.45, 7) is 0. The van der Waals surface area contributed by atoms with Gasteiger partial charge in [0.15, 0.2) is 5.82 Å². The molecule has 5 heterocycles. The van der Waals surface area contributed by atoms with Crippen LogP contribution in [0.4, 0.5) is 5.82 Å². The topological polar surface area (TPSA) is 105 Å². The summed E-state index contributed by atoms with van der Waals surface area (Å²) in [5.41, 5.74) is 0.251. The van der Waals surface area contributed by atoms with Crippen LogP contribution < -0.4 is 10.5 Å². The van der Waals surface area contributed by atoms with Gasteiger partial charge in [-0.3, -0.25) is 14.5 Å². The fourth-order valence-electron chi connectivity index (χ4n) is 4.03. The van der Waals surface area contributed by atoms with Crippen molar-refractivity contribution in [2.75, 3.05) is 4.90 Å². The first-order chi connectivity index (χ1) is 12.2. The van der Waals surface area contributed by atoms with Crippen molar-refractivity contribution >= 4 is 5.82 Å². The Hall–Kier alpha value is -2.94. The molecule has 128 valence electrons. The number of rotatable bonds is 3. The summed E-state index contributed by atoms with van der Waals surface area (Å²) in [5.74, 6) is 1.22. The van der Waals surface area contributed by atoms with Crippen LogP contribution in [0.25, 0.3) is 11.5 Å². The summed E-state index contributed by atoms with van der Waals surface area (Å²) in [4.78, 5) is 27.4. The van der Waals surface area contributed by atoms with Crippen LogP contribution in [0.15, 0.2) is 42.1 Å². The lowest BCUT2D eigenvalue weighted by atomic mass is 9.98. The Morgan fingerprint density at radius 1 is 1.24 bits per heavy atom. The lowest BCUT2D eigenvalue weighted by molar-refractivity contribution is 0.147. The molecule has 2 aliphatic heterocycles. The molecular weight excluding hydrogens is 322 g/mol. The highest BCUT2D eigenvalue weighted by Crippen LogP contribution is 2.40. The standard InChI is InChI=1S/C16H17N7O2/c24-13-5-10-1-2-11(13)22(10)14-6-15(19-8-18-14)23-16(25)12(7-20-23)21-4-3-17-9-21/h3-4,6-11,13,20,24H,1-2,5H2/t10-,11+,13+/m1/s1. The lowest BCUT2D eigenvalue weighted by Gasteiger charge is -2.23. The van der Waals surface area contributed by atoms with Crippen LogP contribution in [-0.2, 0) is 0 Å². The average Bonchev–Trinajstić information content (AvgIpc) is 3.37. The molecule has 0 amide bonds. The van der Waals surface area contributed by atoms with Crippen LogP contribution in [0.2, 0.25) is 0 Å². The second-order valence-corrected chi connectivity index (χ2v) is 6.51. The lowest BCUT2D eigenvalue weighted by Crippen LogP contribution is -2.33. The van der Waals surface area contributed by atoms with E-state index < -0.39 is 0 Å². The molecule has 3 atom stereocenters. The van der Waals surface area contributed by atoms with Gasteiger partial charge in [-0.05, 0) is 19.3 Å². The van der Waals surface area contributed by atoms with Gasteiger partial charge in [-0.1, -0.05) is 0 Å². The smallest absolute Gasteiger partial charge is 0.296 e. The van der Waals surface area contributed by atoms with Crippen molar-refractivity contribution in [1.82, 2.24) is 29.3 Å². The SMILES string of the molecule is O=c1c(-n2ccnc2)c[nH]n1-c1cc(N2[C@@H]3CC[C@H]2[C@@H](O)C3)ncn1. The number of hydrogen-bond donors (Lipinski definition) is 2. The summed E-state index contributed by atoms with van der Waals surface area (Å²) in [6, 6.07) is 2.21. The van der Waals surface area contributed by atoms with Gasteiger partial charge in [0.25, 0.3) is 5.56 Å². The van der Waals surface area contributed by atoms with Crippen LogP contribution in [0, 0.1) is 0 Å². The molecule has 0 radical (unpaired) electrons. The first-order valence-electron chi connectivity index (χ1n) is 8.30. The fourth-order valence-corrected chi connectivity index (χ4v) is 4.03. The number of anilines is 1. The Kier molecular flexibility index (Phi) is 3.04. The van der Waals surface area contributed by atoms with Crippen LogP contribution in [-0.4, -0.2) is 52.6 Å². The summed E-state index contributed by atoms with van der Waals surface area (Å²) in [5, 5.41) is 13.1. The number of imidazole rings is 1. The normalized spacial score (nSPS) is 25.0. The predicted octanol–water partition coefficient (Wildman–Crippen LogP) is 0.243. The van der Waals surface area contributed by atoms with Gasteiger partial charge in [-0.15, -0.1) is 0 Å². The van der Waals surface area contributed by atoms with Crippen molar-refractivity contribution in [3.63, 3.8) is 0 Å². The van der Waals surface area contributed by atoms with Crippen molar-refractivity contribution in [1.29, 1.82) is 0 Å². The molecule has 0 saturated carbocycles. The number of nitrogens with one attached hydrogen (secondary N) is 1. The Labute approximate surface area is 142 Å². The van der Waals surface area contributed by atoms with Crippen LogP contribution >= 0.6 is 0 Å². The van der Waals surface area contributed by atoms with E-state index in [4.69, 9.17) is 0 Å². The third-order valence-electron chi connectivity index (χ3n) is 5.17. The van der Waals surface area contributed by atoms with Crippen molar-refractivity contribution < 1.29 is 5.11 Å². The molecular formula is C16H17N7O2. The monoisotopic (exact) mass is 339 g/mol. The molecule has 2 fully saturated rings. The van der Waals surface area contributed by atoms with Crippen LogP contribution in [0.5, 0.6) is 0 Å². The van der Waals surface area contributed by atoms with E-state index in [0.717, 1.165) is 25.1 Å². The van der Waals surface area contributed by atoms with Gasteiger partial charge >= 0.3 is 0 Å². The maximum absolute atomic E-state index is 12.7. The molecule has 3 aromatic rings. The summed E-state index contributed by atoms with van der Waals surface area (Å²) in [6.07, 6.45) is 10.5. The fraction of sp³-hybridized carbons (Fsp3) is 0.375. The van der Waals surface area contributed by atoms with E-state index in [1.54, 1.807) is 35.6 Å². The maximum atomic E-state index is 12.7. The summed E-state index contributed by atoms with van der Waals surface area (Å²) < 4.78 is 3.03. The van der Waals surface area contributed by atoms with E-state index in [9.17, 15) is 9.90 Å². The molecule has 2 bridgehead atoms. The molecule has 25 heavy (non-hydrogen) atoms. The first kappa shape index (κ1) is 14.4. The third kappa shape index (κ3) is 2.12. The molecule has 0 spiro atoms. The minimum Gasteiger partial charge on any atom is -0.391 e. The van der Waals surface area contributed by atoms with Gasteiger partial charge in [-0.25, -0.2) is 15.0 Å². The number of hydrogen-bond acceptors (Lipinski definition) is 6. The minimum atomic E-state index is -0.307. The zero-order chi connectivity index (χ0) is 17.0. The minimum absolute atomic E-state index is 0.106. The largest absolute Gasteiger partial charge is 0.391 e. The van der Waals surface area contributed by atoms with E-state index >= 15 is 0 Å². The van der Waals surface area contributed by atoms with Crippen LogP contribution in [0.3, 0.4) is 0 Å². The Bertz CT molecular complexity index is 961. The summed E-state index contributed by atoms with van der Waals surface area (Å²) in [7, 11) is 0. The number of aromatic amines is 1. The van der Waals surface area contributed by atoms with Gasteiger partial charge in [0.05, 0.1) is 18.5 Å². The number of aliphatic hydroxyl groups excluding tert-OH is 1. The van der Waals surface area contributed by atoms with E-state index in [0.29, 0.717) is 17.5 Å². The zero-order valence-electron chi connectivity index (χ0n) is 13.4. The number of aliphatic hydroxyl groups is 1. The Morgan fingerprint density at radius 3 is 2.84 bits per heavy atom. The van der Waals surface area contributed by atoms with Gasteiger partial charge in [-0.2, -0.15) is 4.68 Å². The highest BCUT2D eigenvalue weighted by Gasteiger charge is 2.46. The van der Waals surface area contributed by atoms with Gasteiger partial charge in [0.1, 0.15) is 17.8 Å². The molecule has 5 rings (SSSR count). The average molecular weight is 339 g/mol. The van der Waals surface area contributed by atoms with Crippen molar-refractivity contribution in [3.8, 4) is 11.5 Å². The molecule has 0 unspecified atom stereocenters. The second kappa shape index (κ2) is 5.28. The van der Waals surface area contributed by atoms with Gasteiger partial charge in [0.2, 0.25) is 0 Å². The van der Waals surface area contributed by atoms with Crippen molar-refractivity contribution in [3.05, 3.63) is 47.7 Å². The second-order valence-electron chi connectivity index (χ2n) is 6.51. The van der Waals surface area contributed by atoms with E-state index in [-0.39, 0.29) is 17.7 Å². The molecule has 2 aliphatic rings. The maximum Gasteiger partial charge on any atom is 0.296 e. The number of fused-ring (bicyclic) bond motifs is 2. The van der Waals surface area contributed by atoms with Gasteiger partial charge < -0.3 is 10.0 Å². The van der Waals surface area contributed by atoms with Crippen molar-refractivity contribution in [2.45, 2.75) is 37.5 Å². The van der Waals surface area contributed by atoms with Crippen molar-refractivity contribution in [2.24, 2.45) is 0 Å². The molecule has 9 nitrogen and oxygen atoms in total. The molecule has 0 aliphatic carbocycles. The van der Waals surface area contributed by atoms with E-state index in [1.165, 1.54) is 11.0 Å². The van der Waals surface area contributed by atoms with E-state index in [2.05, 4.69) is 25.0 Å². The highest BCUT2D eigenvalue weighted by molar-refractivity contribution is 5.49.